The summed E-state index contributed by atoms with van der Waals surface area (Å²) in [7, 11) is 1.29. The van der Waals surface area contributed by atoms with Crippen molar-refractivity contribution >= 4 is 29.2 Å². The van der Waals surface area contributed by atoms with Crippen LogP contribution < -0.4 is 10.1 Å². The number of carbonyl (C=O) groups is 3. The van der Waals surface area contributed by atoms with Gasteiger partial charge in [0.25, 0.3) is 17.5 Å². The smallest absolute Gasteiger partial charge is 0.309 e. The van der Waals surface area contributed by atoms with Crippen molar-refractivity contribution in [2.24, 2.45) is 5.92 Å². The number of esters is 1. The van der Waals surface area contributed by atoms with Gasteiger partial charge in [-0.3, -0.25) is 24.5 Å². The first-order valence-corrected chi connectivity index (χ1v) is 10.2. The van der Waals surface area contributed by atoms with Crippen molar-refractivity contribution in [1.29, 1.82) is 0 Å². The Morgan fingerprint density at radius 2 is 1.85 bits per heavy atom. The van der Waals surface area contributed by atoms with Crippen LogP contribution >= 0.6 is 0 Å². The Labute approximate surface area is 192 Å². The summed E-state index contributed by atoms with van der Waals surface area (Å²) in [5, 5.41) is 13.3. The monoisotopic (exact) mass is 477 g/mol. The van der Waals surface area contributed by atoms with Gasteiger partial charge in [0, 0.05) is 25.2 Å². The van der Waals surface area contributed by atoms with Crippen LogP contribution in [0.5, 0.6) is 5.75 Å². The number of anilines is 1. The van der Waals surface area contributed by atoms with Gasteiger partial charge in [-0.1, -0.05) is 0 Å². The largest absolute Gasteiger partial charge is 0.494 e. The van der Waals surface area contributed by atoms with E-state index in [1.807, 2.05) is 0 Å². The lowest BCUT2D eigenvalue weighted by atomic mass is 9.96. The molecule has 1 N–H and O–H groups in total. The summed E-state index contributed by atoms with van der Waals surface area (Å²) < 4.78 is 37.0. The van der Waals surface area contributed by atoms with E-state index < -0.39 is 46.9 Å². The van der Waals surface area contributed by atoms with Gasteiger partial charge in [0.2, 0.25) is 0 Å². The van der Waals surface area contributed by atoms with Crippen LogP contribution in [0.15, 0.2) is 36.4 Å². The second kappa shape index (κ2) is 10.7. The van der Waals surface area contributed by atoms with E-state index in [1.54, 1.807) is 0 Å². The molecule has 0 spiro atoms. The number of nitro benzene ring substituents is 1. The molecule has 1 heterocycles. The molecule has 0 unspecified atom stereocenters. The lowest BCUT2D eigenvalue weighted by Gasteiger charge is -2.31. The maximum absolute atomic E-state index is 13.9. The molecule has 2 aromatic rings. The van der Waals surface area contributed by atoms with Gasteiger partial charge in [0.05, 0.1) is 35.3 Å². The number of nitrogens with one attached hydrogen (secondary N) is 1. The number of hydrogen-bond acceptors (Lipinski definition) is 7. The first-order chi connectivity index (χ1) is 16.2. The summed E-state index contributed by atoms with van der Waals surface area (Å²) in [6.07, 6.45) is 0.510. The molecular formula is C22H21F2N3O7. The third-order valence-electron chi connectivity index (χ3n) is 5.29. The average molecular weight is 477 g/mol. The summed E-state index contributed by atoms with van der Waals surface area (Å²) in [5.74, 6) is -4.10. The molecule has 2 aromatic carbocycles. The Hall–Kier alpha value is -4.09. The number of hydrogen-bond donors (Lipinski definition) is 1. The van der Waals surface area contributed by atoms with Crippen molar-refractivity contribution < 1.29 is 37.6 Å². The number of piperidine rings is 1. The predicted molar refractivity (Wildman–Crippen MR) is 114 cm³/mol. The Balaban J connectivity index is 1.48. The second-order valence-corrected chi connectivity index (χ2v) is 7.49. The lowest BCUT2D eigenvalue weighted by molar-refractivity contribution is -0.384. The quantitative estimate of drug-likeness (QED) is 0.369. The number of likely N-dealkylation sites (tertiary alicyclic amines) is 1. The minimum absolute atomic E-state index is 0.0727. The van der Waals surface area contributed by atoms with Gasteiger partial charge in [-0.05, 0) is 31.0 Å². The zero-order chi connectivity index (χ0) is 24.8. The molecule has 1 fully saturated rings. The normalized spacial score (nSPS) is 13.8. The second-order valence-electron chi connectivity index (χ2n) is 7.49. The van der Waals surface area contributed by atoms with Gasteiger partial charge in [-0.25, -0.2) is 8.78 Å². The van der Waals surface area contributed by atoms with E-state index in [2.05, 4.69) is 5.32 Å². The Morgan fingerprint density at radius 3 is 2.47 bits per heavy atom. The molecule has 12 heteroatoms. The fourth-order valence-electron chi connectivity index (χ4n) is 3.49. The predicted octanol–water partition coefficient (Wildman–Crippen LogP) is 2.92. The number of nitro groups is 1. The van der Waals surface area contributed by atoms with E-state index >= 15 is 0 Å². The third kappa shape index (κ3) is 5.82. The Kier molecular flexibility index (Phi) is 7.71. The van der Waals surface area contributed by atoms with Crippen molar-refractivity contribution in [3.05, 3.63) is 63.7 Å². The summed E-state index contributed by atoms with van der Waals surface area (Å²) >= 11 is 0. The van der Waals surface area contributed by atoms with Crippen LogP contribution in [0.1, 0.15) is 23.2 Å². The molecule has 0 atom stereocenters. The molecule has 2 amide bonds. The third-order valence-corrected chi connectivity index (χ3v) is 5.29. The fourth-order valence-corrected chi connectivity index (χ4v) is 3.49. The maximum atomic E-state index is 13.9. The zero-order valence-corrected chi connectivity index (χ0v) is 18.1. The lowest BCUT2D eigenvalue weighted by Crippen LogP contribution is -2.41. The van der Waals surface area contributed by atoms with E-state index in [-0.39, 0.29) is 48.6 Å². The van der Waals surface area contributed by atoms with Gasteiger partial charge in [0.15, 0.2) is 6.61 Å². The van der Waals surface area contributed by atoms with Gasteiger partial charge >= 0.3 is 5.97 Å². The molecule has 0 radical (unpaired) electrons. The van der Waals surface area contributed by atoms with Crippen LogP contribution in [-0.2, 0) is 14.3 Å². The van der Waals surface area contributed by atoms with E-state index in [4.69, 9.17) is 9.47 Å². The number of benzene rings is 2. The van der Waals surface area contributed by atoms with Crippen molar-refractivity contribution in [2.45, 2.75) is 12.8 Å². The number of methoxy groups -OCH3 is 1. The summed E-state index contributed by atoms with van der Waals surface area (Å²) in [5.41, 5.74) is -0.289. The van der Waals surface area contributed by atoms with Gasteiger partial charge in [-0.15, -0.1) is 0 Å². The van der Waals surface area contributed by atoms with Crippen LogP contribution in [0.25, 0.3) is 0 Å². The van der Waals surface area contributed by atoms with Gasteiger partial charge in [0.1, 0.15) is 17.4 Å². The average Bonchev–Trinajstić information content (AvgIpc) is 2.82. The van der Waals surface area contributed by atoms with Gasteiger partial charge < -0.3 is 19.7 Å². The molecule has 3 rings (SSSR count). The van der Waals surface area contributed by atoms with Crippen LogP contribution in [-0.4, -0.2) is 54.4 Å². The molecule has 0 aromatic heterocycles. The highest BCUT2D eigenvalue weighted by Crippen LogP contribution is 2.29. The molecule has 0 bridgehead atoms. The van der Waals surface area contributed by atoms with E-state index in [9.17, 15) is 33.3 Å². The molecule has 34 heavy (non-hydrogen) atoms. The highest BCUT2D eigenvalue weighted by Gasteiger charge is 2.30. The Morgan fingerprint density at radius 1 is 1.15 bits per heavy atom. The number of carbonyl (C=O) groups excluding carboxylic acids is 3. The molecular weight excluding hydrogens is 456 g/mol. The zero-order valence-electron chi connectivity index (χ0n) is 18.1. The first-order valence-electron chi connectivity index (χ1n) is 10.2. The highest BCUT2D eigenvalue weighted by molar-refractivity contribution is 5.95. The van der Waals surface area contributed by atoms with Gasteiger partial charge in [-0.2, -0.15) is 0 Å². The van der Waals surface area contributed by atoms with Crippen molar-refractivity contribution in [2.75, 3.05) is 32.1 Å². The number of amides is 2. The van der Waals surface area contributed by atoms with Crippen LogP contribution in [0.3, 0.4) is 0 Å². The molecule has 10 nitrogen and oxygen atoms in total. The maximum Gasteiger partial charge on any atom is 0.309 e. The minimum atomic E-state index is -0.956. The topological polar surface area (TPSA) is 128 Å². The number of rotatable bonds is 7. The number of nitrogens with zero attached hydrogens (tertiary/aromatic N) is 2. The van der Waals surface area contributed by atoms with E-state index in [0.29, 0.717) is 6.07 Å². The van der Waals surface area contributed by atoms with Crippen LogP contribution in [0.4, 0.5) is 20.2 Å². The SMILES string of the molecule is COc1cc([N+](=O)[O-])ccc1NC(=O)COC(=O)C1CCN(C(=O)c2ccc(F)cc2F)CC1. The first kappa shape index (κ1) is 24.6. The molecule has 1 aliphatic heterocycles. The van der Waals surface area contributed by atoms with E-state index in [1.165, 1.54) is 24.1 Å². The number of halogens is 2. The minimum Gasteiger partial charge on any atom is -0.494 e. The molecule has 0 aliphatic carbocycles. The summed E-state index contributed by atoms with van der Waals surface area (Å²) in [6, 6.07) is 6.34. The number of non-ortho nitro benzene ring substituents is 1. The van der Waals surface area contributed by atoms with Crippen molar-refractivity contribution in [1.82, 2.24) is 4.90 Å². The standard InChI is InChI=1S/C22H21F2N3O7/c1-33-19-11-15(27(31)32)3-5-18(19)25-20(28)12-34-22(30)13-6-8-26(9-7-13)21(29)16-4-2-14(23)10-17(16)24/h2-5,10-11,13H,6-9,12H2,1H3,(H,25,28). The van der Waals surface area contributed by atoms with Crippen molar-refractivity contribution in [3.63, 3.8) is 0 Å². The molecule has 1 saturated heterocycles. The molecule has 1 aliphatic rings. The van der Waals surface area contributed by atoms with Crippen molar-refractivity contribution in [3.8, 4) is 5.75 Å². The van der Waals surface area contributed by atoms with Crippen LogP contribution in [0.2, 0.25) is 0 Å². The number of ether oxygens (including phenoxy) is 2. The fraction of sp³-hybridized carbons (Fsp3) is 0.318. The summed E-state index contributed by atoms with van der Waals surface area (Å²) in [6.45, 7) is -0.248. The van der Waals surface area contributed by atoms with Crippen LogP contribution in [0, 0.1) is 27.7 Å². The summed E-state index contributed by atoms with van der Waals surface area (Å²) in [4.78, 5) is 48.5. The van der Waals surface area contributed by atoms with E-state index in [0.717, 1.165) is 18.2 Å². The highest BCUT2D eigenvalue weighted by atomic mass is 19.1. The molecule has 0 saturated carbocycles. The molecule has 180 valence electrons. The Bertz CT molecular complexity index is 1120.